The van der Waals surface area contributed by atoms with E-state index in [1.807, 2.05) is 48.7 Å². The van der Waals surface area contributed by atoms with E-state index in [2.05, 4.69) is 5.32 Å². The van der Waals surface area contributed by atoms with Gasteiger partial charge in [-0.2, -0.15) is 0 Å². The van der Waals surface area contributed by atoms with E-state index in [9.17, 15) is 9.59 Å². The van der Waals surface area contributed by atoms with E-state index < -0.39 is 0 Å². The third kappa shape index (κ3) is 3.68. The van der Waals surface area contributed by atoms with Crippen LogP contribution in [0.5, 0.6) is 0 Å². The molecular formula is C22H20N2O3S. The first-order valence-corrected chi connectivity index (χ1v) is 10.3. The molecule has 0 aliphatic carbocycles. The fourth-order valence-electron chi connectivity index (χ4n) is 3.39. The molecule has 2 aromatic carbocycles. The van der Waals surface area contributed by atoms with Crippen molar-refractivity contribution in [2.75, 3.05) is 18.1 Å². The Hall–Kier alpha value is -2.99. The normalized spacial score (nSPS) is 13.1. The topological polar surface area (TPSA) is 62.6 Å². The maximum absolute atomic E-state index is 12.7. The van der Waals surface area contributed by atoms with Crippen molar-refractivity contribution in [1.82, 2.24) is 4.90 Å². The van der Waals surface area contributed by atoms with Crippen molar-refractivity contribution >= 4 is 29.3 Å². The molecule has 0 atom stereocenters. The zero-order chi connectivity index (χ0) is 19.5. The summed E-state index contributed by atoms with van der Waals surface area (Å²) in [4.78, 5) is 27.9. The van der Waals surface area contributed by atoms with Crippen LogP contribution in [0.15, 0.2) is 70.2 Å². The van der Waals surface area contributed by atoms with E-state index in [1.165, 1.54) is 11.8 Å². The summed E-state index contributed by atoms with van der Waals surface area (Å²) in [5.41, 5.74) is 3.63. The molecule has 0 unspecified atom stereocenters. The highest BCUT2D eigenvalue weighted by Gasteiger charge is 2.23. The summed E-state index contributed by atoms with van der Waals surface area (Å²) < 4.78 is 5.23. The van der Waals surface area contributed by atoms with Crippen LogP contribution in [0.1, 0.15) is 32.0 Å². The number of benzene rings is 2. The van der Waals surface area contributed by atoms with Crippen molar-refractivity contribution in [3.05, 3.63) is 83.3 Å². The average Bonchev–Trinajstić information content (AvgIpc) is 3.27. The predicted molar refractivity (Wildman–Crippen MR) is 110 cm³/mol. The van der Waals surface area contributed by atoms with Crippen molar-refractivity contribution in [2.45, 2.75) is 17.9 Å². The maximum Gasteiger partial charge on any atom is 0.289 e. The number of hydrogen-bond acceptors (Lipinski definition) is 4. The summed E-state index contributed by atoms with van der Waals surface area (Å²) in [6.07, 6.45) is 4.24. The quantitative estimate of drug-likeness (QED) is 0.666. The fourth-order valence-corrected chi connectivity index (χ4v) is 3.99. The first-order valence-electron chi connectivity index (χ1n) is 9.04. The van der Waals surface area contributed by atoms with Gasteiger partial charge in [0.25, 0.3) is 11.8 Å². The molecule has 1 aliphatic rings. The van der Waals surface area contributed by atoms with Crippen molar-refractivity contribution in [2.24, 2.45) is 0 Å². The molecule has 1 N–H and O–H groups in total. The lowest BCUT2D eigenvalue weighted by Gasteiger charge is -2.28. The van der Waals surface area contributed by atoms with E-state index in [1.54, 1.807) is 28.8 Å². The summed E-state index contributed by atoms with van der Waals surface area (Å²) in [6.45, 7) is 1.15. The number of furan rings is 1. The van der Waals surface area contributed by atoms with E-state index in [4.69, 9.17) is 4.42 Å². The second-order valence-corrected chi connectivity index (χ2v) is 7.44. The largest absolute Gasteiger partial charge is 0.459 e. The second-order valence-electron chi connectivity index (χ2n) is 6.59. The Morgan fingerprint density at radius 1 is 1.07 bits per heavy atom. The standard InChI is InChI=1S/C22H20N2O3S/c1-28-20-7-3-2-5-18(20)21(25)23-17-9-8-15-10-11-24(14-16(15)13-17)22(26)19-6-4-12-27-19/h2-9,12-13H,10-11,14H2,1H3,(H,23,25). The highest BCUT2D eigenvalue weighted by molar-refractivity contribution is 7.98. The van der Waals surface area contributed by atoms with Gasteiger partial charge in [-0.05, 0) is 60.2 Å². The van der Waals surface area contributed by atoms with Gasteiger partial charge >= 0.3 is 0 Å². The Labute approximate surface area is 167 Å². The molecule has 0 bridgehead atoms. The molecule has 0 radical (unpaired) electrons. The highest BCUT2D eigenvalue weighted by Crippen LogP contribution is 2.25. The van der Waals surface area contributed by atoms with E-state index in [0.29, 0.717) is 24.4 Å². The molecule has 3 aromatic rings. The van der Waals surface area contributed by atoms with Crippen molar-refractivity contribution in [1.29, 1.82) is 0 Å². The van der Waals surface area contributed by atoms with Crippen molar-refractivity contribution in [3.8, 4) is 0 Å². The minimum Gasteiger partial charge on any atom is -0.459 e. The van der Waals surface area contributed by atoms with Gasteiger partial charge in [0.15, 0.2) is 5.76 Å². The molecule has 0 saturated heterocycles. The van der Waals surface area contributed by atoms with Gasteiger partial charge in [-0.1, -0.05) is 18.2 Å². The molecule has 142 valence electrons. The van der Waals surface area contributed by atoms with Crippen LogP contribution < -0.4 is 5.32 Å². The molecule has 6 heteroatoms. The third-order valence-electron chi connectivity index (χ3n) is 4.85. The Morgan fingerprint density at radius 2 is 1.93 bits per heavy atom. The highest BCUT2D eigenvalue weighted by atomic mass is 32.2. The summed E-state index contributed by atoms with van der Waals surface area (Å²) in [6, 6.07) is 16.8. The number of thioether (sulfide) groups is 1. The molecule has 0 saturated carbocycles. The second kappa shape index (κ2) is 7.94. The number of amides is 2. The van der Waals surface area contributed by atoms with Gasteiger partial charge in [-0.15, -0.1) is 11.8 Å². The number of anilines is 1. The lowest BCUT2D eigenvalue weighted by atomic mass is 9.98. The van der Waals surface area contributed by atoms with E-state index >= 15 is 0 Å². The first-order chi connectivity index (χ1) is 13.7. The van der Waals surface area contributed by atoms with Crippen LogP contribution in [-0.2, 0) is 13.0 Å². The van der Waals surface area contributed by atoms with Crippen LogP contribution in [0.2, 0.25) is 0 Å². The lowest BCUT2D eigenvalue weighted by Crippen LogP contribution is -2.35. The summed E-state index contributed by atoms with van der Waals surface area (Å²) >= 11 is 1.55. The molecule has 2 heterocycles. The average molecular weight is 392 g/mol. The molecule has 28 heavy (non-hydrogen) atoms. The fraction of sp³-hybridized carbons (Fsp3) is 0.182. The van der Waals surface area contributed by atoms with Gasteiger partial charge in [0, 0.05) is 23.7 Å². The number of rotatable bonds is 4. The first kappa shape index (κ1) is 18.4. The van der Waals surface area contributed by atoms with Gasteiger partial charge in [0.2, 0.25) is 0 Å². The Bertz CT molecular complexity index is 1010. The van der Waals surface area contributed by atoms with Crippen LogP contribution in [0.3, 0.4) is 0 Å². The number of hydrogen-bond donors (Lipinski definition) is 1. The minimum atomic E-state index is -0.135. The maximum atomic E-state index is 12.7. The van der Waals surface area contributed by atoms with Crippen molar-refractivity contribution in [3.63, 3.8) is 0 Å². The Balaban J connectivity index is 1.52. The summed E-state index contributed by atoms with van der Waals surface area (Å²) in [5, 5.41) is 2.98. The molecule has 2 amide bonds. The number of fused-ring (bicyclic) bond motifs is 1. The molecule has 1 aromatic heterocycles. The zero-order valence-electron chi connectivity index (χ0n) is 15.5. The monoisotopic (exact) mass is 392 g/mol. The van der Waals surface area contributed by atoms with Crippen LogP contribution >= 0.6 is 11.8 Å². The summed E-state index contributed by atoms with van der Waals surface area (Å²) in [7, 11) is 0. The minimum absolute atomic E-state index is 0.112. The molecule has 4 rings (SSSR count). The molecule has 1 aliphatic heterocycles. The van der Waals surface area contributed by atoms with Gasteiger partial charge < -0.3 is 14.6 Å². The van der Waals surface area contributed by atoms with Crippen LogP contribution in [-0.4, -0.2) is 29.5 Å². The predicted octanol–water partition coefficient (Wildman–Crippen LogP) is 4.45. The SMILES string of the molecule is CSc1ccccc1C(=O)Nc1ccc2c(c1)CN(C(=O)c1ccco1)CC2. The molecule has 0 fully saturated rings. The number of carbonyl (C=O) groups is 2. The van der Waals surface area contributed by atoms with Crippen LogP contribution in [0, 0.1) is 0 Å². The molecule has 0 spiro atoms. The van der Waals surface area contributed by atoms with Crippen molar-refractivity contribution < 1.29 is 14.0 Å². The molecule has 5 nitrogen and oxygen atoms in total. The van der Waals surface area contributed by atoms with Gasteiger partial charge in [-0.3, -0.25) is 9.59 Å². The van der Waals surface area contributed by atoms with Crippen LogP contribution in [0.4, 0.5) is 5.69 Å². The van der Waals surface area contributed by atoms with Gasteiger partial charge in [0.1, 0.15) is 0 Å². The number of nitrogens with one attached hydrogen (secondary N) is 1. The number of carbonyl (C=O) groups excluding carboxylic acids is 2. The lowest BCUT2D eigenvalue weighted by molar-refractivity contribution is 0.0702. The Morgan fingerprint density at radius 3 is 2.71 bits per heavy atom. The molecular weight excluding hydrogens is 372 g/mol. The number of nitrogens with zero attached hydrogens (tertiary/aromatic N) is 1. The van der Waals surface area contributed by atoms with Gasteiger partial charge in [0.05, 0.1) is 11.8 Å². The zero-order valence-corrected chi connectivity index (χ0v) is 16.3. The van der Waals surface area contributed by atoms with E-state index in [-0.39, 0.29) is 11.8 Å². The van der Waals surface area contributed by atoms with E-state index in [0.717, 1.165) is 22.6 Å². The third-order valence-corrected chi connectivity index (χ3v) is 5.64. The Kier molecular flexibility index (Phi) is 5.21. The van der Waals surface area contributed by atoms with Crippen LogP contribution in [0.25, 0.3) is 0 Å². The summed E-state index contributed by atoms with van der Waals surface area (Å²) in [5.74, 6) is 0.102. The smallest absolute Gasteiger partial charge is 0.289 e. The van der Waals surface area contributed by atoms with Gasteiger partial charge in [-0.25, -0.2) is 0 Å².